The highest BCUT2D eigenvalue weighted by Gasteiger charge is 2.17. The molecular weight excluding hydrogens is 206 g/mol. The number of methoxy groups -OCH3 is 1. The van der Waals surface area contributed by atoms with Gasteiger partial charge in [0.15, 0.2) is 5.82 Å². The topological polar surface area (TPSA) is 67.0 Å². The molecule has 0 radical (unpaired) electrons. The van der Waals surface area contributed by atoms with E-state index in [9.17, 15) is 4.79 Å². The van der Waals surface area contributed by atoms with Crippen LogP contribution < -0.4 is 10.9 Å². The summed E-state index contributed by atoms with van der Waals surface area (Å²) in [5.41, 5.74) is -0.120. The normalized spacial score (nSPS) is 11.4. The second kappa shape index (κ2) is 5.65. The molecule has 1 aromatic rings. The van der Waals surface area contributed by atoms with E-state index >= 15 is 0 Å². The van der Waals surface area contributed by atoms with Gasteiger partial charge in [0.25, 0.3) is 5.56 Å². The van der Waals surface area contributed by atoms with Gasteiger partial charge in [0.1, 0.15) is 0 Å². The van der Waals surface area contributed by atoms with Crippen molar-refractivity contribution in [3.8, 4) is 0 Å². The summed E-state index contributed by atoms with van der Waals surface area (Å²) in [6, 6.07) is 0. The smallest absolute Gasteiger partial charge is 0.290 e. The van der Waals surface area contributed by atoms with Gasteiger partial charge in [-0.3, -0.25) is 4.79 Å². The first-order chi connectivity index (χ1) is 7.55. The van der Waals surface area contributed by atoms with Gasteiger partial charge in [-0.1, -0.05) is 13.8 Å². The molecule has 0 fully saturated rings. The van der Waals surface area contributed by atoms with Crippen molar-refractivity contribution in [3.63, 3.8) is 0 Å². The number of H-pyrrole nitrogens is 1. The van der Waals surface area contributed by atoms with Gasteiger partial charge in [-0.25, -0.2) is 4.98 Å². The molecule has 0 aliphatic rings. The highest BCUT2D eigenvalue weighted by molar-refractivity contribution is 5.30. The Kier molecular flexibility index (Phi) is 4.49. The number of nitrogens with one attached hydrogen (secondary N) is 2. The maximum atomic E-state index is 11.3. The lowest BCUT2D eigenvalue weighted by molar-refractivity contribution is 0.157. The lowest BCUT2D eigenvalue weighted by atomic mass is 9.90. The van der Waals surface area contributed by atoms with Gasteiger partial charge in [0, 0.05) is 32.7 Å². The first-order valence-electron chi connectivity index (χ1n) is 5.32. The zero-order valence-electron chi connectivity index (χ0n) is 10.0. The van der Waals surface area contributed by atoms with Gasteiger partial charge < -0.3 is 15.0 Å². The number of aromatic amines is 1. The number of anilines is 1. The second-order valence-electron chi connectivity index (χ2n) is 4.53. The van der Waals surface area contributed by atoms with Crippen LogP contribution in [0.2, 0.25) is 0 Å². The Balaban J connectivity index is 2.51. The number of ether oxygens (including phenoxy) is 1. The molecule has 0 atom stereocenters. The molecule has 0 amide bonds. The van der Waals surface area contributed by atoms with E-state index in [1.165, 1.54) is 6.20 Å². The van der Waals surface area contributed by atoms with E-state index < -0.39 is 0 Å². The third-order valence-corrected chi connectivity index (χ3v) is 2.43. The second-order valence-corrected chi connectivity index (χ2v) is 4.53. The minimum absolute atomic E-state index is 0.0694. The Hall–Kier alpha value is -1.36. The summed E-state index contributed by atoms with van der Waals surface area (Å²) in [5, 5.41) is 3.05. The predicted octanol–water partition coefficient (Wildman–Crippen LogP) is 1.24. The number of rotatable bonds is 6. The van der Waals surface area contributed by atoms with E-state index in [0.29, 0.717) is 19.0 Å². The zero-order valence-corrected chi connectivity index (χ0v) is 10.0. The van der Waals surface area contributed by atoms with Gasteiger partial charge in [0.2, 0.25) is 0 Å². The van der Waals surface area contributed by atoms with Gasteiger partial charge in [-0.05, 0) is 11.8 Å². The van der Waals surface area contributed by atoms with E-state index in [4.69, 9.17) is 4.74 Å². The molecule has 2 N–H and O–H groups in total. The quantitative estimate of drug-likeness (QED) is 0.764. The molecule has 5 nitrogen and oxygen atoms in total. The van der Waals surface area contributed by atoms with Crippen molar-refractivity contribution in [2.45, 2.75) is 20.3 Å². The summed E-state index contributed by atoms with van der Waals surface area (Å²) in [4.78, 5) is 17.9. The molecule has 0 bridgehead atoms. The van der Waals surface area contributed by atoms with Gasteiger partial charge >= 0.3 is 0 Å². The predicted molar refractivity (Wildman–Crippen MR) is 63.6 cm³/mol. The van der Waals surface area contributed by atoms with Crippen molar-refractivity contribution in [1.29, 1.82) is 0 Å². The van der Waals surface area contributed by atoms with Crippen molar-refractivity contribution in [2.75, 3.05) is 25.6 Å². The SMILES string of the molecule is COCCC(C)(C)CNc1ncc[nH]c1=O. The Bertz CT molecular complexity index is 373. The molecule has 0 unspecified atom stereocenters. The van der Waals surface area contributed by atoms with Crippen molar-refractivity contribution < 1.29 is 4.74 Å². The van der Waals surface area contributed by atoms with Crippen LogP contribution in [-0.2, 0) is 4.74 Å². The van der Waals surface area contributed by atoms with Crippen LogP contribution in [0, 0.1) is 5.41 Å². The molecule has 5 heteroatoms. The molecule has 0 aliphatic carbocycles. The molecule has 0 saturated heterocycles. The average Bonchev–Trinajstić information content (AvgIpc) is 2.26. The van der Waals surface area contributed by atoms with E-state index in [1.54, 1.807) is 13.3 Å². The lowest BCUT2D eigenvalue weighted by Gasteiger charge is -2.24. The fourth-order valence-corrected chi connectivity index (χ4v) is 1.27. The molecule has 0 saturated carbocycles. The summed E-state index contributed by atoms with van der Waals surface area (Å²) in [6.07, 6.45) is 4.01. The van der Waals surface area contributed by atoms with Crippen LogP contribution in [-0.4, -0.2) is 30.2 Å². The van der Waals surface area contributed by atoms with Crippen LogP contribution >= 0.6 is 0 Å². The van der Waals surface area contributed by atoms with Crippen LogP contribution in [0.3, 0.4) is 0 Å². The largest absolute Gasteiger partial charge is 0.385 e. The van der Waals surface area contributed by atoms with Gasteiger partial charge in [-0.2, -0.15) is 0 Å². The first-order valence-corrected chi connectivity index (χ1v) is 5.32. The number of hydrogen-bond donors (Lipinski definition) is 2. The molecule has 0 spiro atoms. The highest BCUT2D eigenvalue weighted by atomic mass is 16.5. The highest BCUT2D eigenvalue weighted by Crippen LogP contribution is 2.19. The minimum atomic E-state index is -0.190. The molecular formula is C11H19N3O2. The van der Waals surface area contributed by atoms with Crippen LogP contribution in [0.25, 0.3) is 0 Å². The Morgan fingerprint density at radius 3 is 2.94 bits per heavy atom. The Morgan fingerprint density at radius 1 is 1.56 bits per heavy atom. The minimum Gasteiger partial charge on any atom is -0.385 e. The standard InChI is InChI=1S/C11H19N3O2/c1-11(2,4-7-16-3)8-14-9-10(15)13-6-5-12-9/h5-6H,4,7-8H2,1-3H3,(H,12,14)(H,13,15). The summed E-state index contributed by atoms with van der Waals surface area (Å²) < 4.78 is 5.04. The summed E-state index contributed by atoms with van der Waals surface area (Å²) >= 11 is 0. The maximum absolute atomic E-state index is 11.3. The van der Waals surface area contributed by atoms with Gasteiger partial charge in [-0.15, -0.1) is 0 Å². The number of aromatic nitrogens is 2. The first kappa shape index (κ1) is 12.7. The lowest BCUT2D eigenvalue weighted by Crippen LogP contribution is -2.27. The summed E-state index contributed by atoms with van der Waals surface area (Å²) in [6.45, 7) is 5.65. The molecule has 16 heavy (non-hydrogen) atoms. The van der Waals surface area contributed by atoms with Crippen LogP contribution in [0.15, 0.2) is 17.2 Å². The van der Waals surface area contributed by atoms with E-state index in [0.717, 1.165) is 6.42 Å². The fraction of sp³-hybridized carbons (Fsp3) is 0.636. The molecule has 90 valence electrons. The number of nitrogens with zero attached hydrogens (tertiary/aromatic N) is 1. The summed E-state index contributed by atoms with van der Waals surface area (Å²) in [5.74, 6) is 0.369. The average molecular weight is 225 g/mol. The molecule has 1 heterocycles. The molecule has 1 aromatic heterocycles. The molecule has 0 aromatic carbocycles. The van der Waals surface area contributed by atoms with Crippen molar-refractivity contribution in [2.24, 2.45) is 5.41 Å². The number of hydrogen-bond acceptors (Lipinski definition) is 4. The van der Waals surface area contributed by atoms with Crippen molar-refractivity contribution in [1.82, 2.24) is 9.97 Å². The molecule has 1 rings (SSSR count). The Labute approximate surface area is 95.3 Å². The van der Waals surface area contributed by atoms with Gasteiger partial charge in [0.05, 0.1) is 0 Å². The van der Waals surface area contributed by atoms with Crippen LogP contribution in [0.1, 0.15) is 20.3 Å². The Morgan fingerprint density at radius 2 is 2.31 bits per heavy atom. The van der Waals surface area contributed by atoms with Crippen molar-refractivity contribution >= 4 is 5.82 Å². The van der Waals surface area contributed by atoms with E-state index in [-0.39, 0.29) is 11.0 Å². The fourth-order valence-electron chi connectivity index (χ4n) is 1.27. The third kappa shape index (κ3) is 4.02. The van der Waals surface area contributed by atoms with Crippen LogP contribution in [0.5, 0.6) is 0 Å². The summed E-state index contributed by atoms with van der Waals surface area (Å²) in [7, 11) is 1.69. The monoisotopic (exact) mass is 225 g/mol. The molecule has 0 aliphatic heterocycles. The van der Waals surface area contributed by atoms with Crippen molar-refractivity contribution in [3.05, 3.63) is 22.7 Å². The third-order valence-electron chi connectivity index (χ3n) is 2.43. The van der Waals surface area contributed by atoms with E-state index in [2.05, 4.69) is 29.1 Å². The van der Waals surface area contributed by atoms with Crippen LogP contribution in [0.4, 0.5) is 5.82 Å². The van der Waals surface area contributed by atoms with E-state index in [1.807, 2.05) is 0 Å². The maximum Gasteiger partial charge on any atom is 0.290 e. The zero-order chi connectivity index (χ0) is 12.0.